The van der Waals surface area contributed by atoms with E-state index >= 15 is 0 Å². The summed E-state index contributed by atoms with van der Waals surface area (Å²) in [5, 5.41) is 4.43. The molecule has 10 aromatic rings. The molecule has 0 aliphatic heterocycles. The monoisotopic (exact) mass is 616 g/mol. The van der Waals surface area contributed by atoms with Gasteiger partial charge in [0, 0.05) is 38.6 Å². The molecule has 3 aromatic heterocycles. The molecule has 0 N–H and O–H groups in total. The normalized spacial score (nSPS) is 11.8. The van der Waals surface area contributed by atoms with Crippen molar-refractivity contribution in [2.45, 2.75) is 0 Å². The molecule has 0 saturated carbocycles. The Balaban J connectivity index is 1.12. The molecule has 0 atom stereocenters. The first-order valence-electron chi connectivity index (χ1n) is 16.2. The molecular weight excluding hydrogens is 588 g/mol. The Morgan fingerprint density at radius 2 is 1.02 bits per heavy atom. The smallest absolute Gasteiger partial charge is 0.161 e. The molecule has 226 valence electrons. The van der Waals surface area contributed by atoms with Crippen LogP contribution in [0.25, 0.3) is 71.7 Å². The maximum absolute atomic E-state index is 6.53. The highest BCUT2D eigenvalue weighted by Crippen LogP contribution is 2.43. The zero-order valence-electron chi connectivity index (χ0n) is 25.9. The lowest BCUT2D eigenvalue weighted by Crippen LogP contribution is -2.10. The van der Waals surface area contributed by atoms with Crippen molar-refractivity contribution in [2.24, 2.45) is 0 Å². The van der Waals surface area contributed by atoms with Crippen LogP contribution in [0.3, 0.4) is 0 Å². The Morgan fingerprint density at radius 1 is 0.417 bits per heavy atom. The van der Waals surface area contributed by atoms with Crippen LogP contribution < -0.4 is 4.90 Å². The molecular formula is C44H28N2O2. The van der Waals surface area contributed by atoms with Gasteiger partial charge in [-0.15, -0.1) is 0 Å². The second-order valence-corrected chi connectivity index (χ2v) is 12.1. The molecule has 3 heterocycles. The average molecular weight is 617 g/mol. The fourth-order valence-corrected chi connectivity index (χ4v) is 7.21. The topological polar surface area (TPSA) is 34.5 Å². The second kappa shape index (κ2) is 10.5. The van der Waals surface area contributed by atoms with Crippen molar-refractivity contribution in [1.29, 1.82) is 0 Å². The number of para-hydroxylation sites is 5. The van der Waals surface area contributed by atoms with E-state index in [1.54, 1.807) is 0 Å². The Labute approximate surface area is 276 Å². The third-order valence-electron chi connectivity index (χ3n) is 9.39. The van der Waals surface area contributed by atoms with Crippen molar-refractivity contribution in [2.75, 3.05) is 4.90 Å². The van der Waals surface area contributed by atoms with Gasteiger partial charge in [-0.2, -0.15) is 0 Å². The van der Waals surface area contributed by atoms with Crippen molar-refractivity contribution < 1.29 is 8.83 Å². The molecule has 0 radical (unpaired) electrons. The summed E-state index contributed by atoms with van der Waals surface area (Å²) in [6, 6.07) is 59.4. The number of hydrogen-bond donors (Lipinski definition) is 0. The van der Waals surface area contributed by atoms with Gasteiger partial charge in [0.15, 0.2) is 11.2 Å². The van der Waals surface area contributed by atoms with E-state index in [1.165, 1.54) is 0 Å². The molecule has 10 rings (SSSR count). The number of furan rings is 2. The third kappa shape index (κ3) is 4.03. The number of fused-ring (bicyclic) bond motifs is 8. The molecule has 0 bridgehead atoms. The van der Waals surface area contributed by atoms with Crippen molar-refractivity contribution in [3.05, 3.63) is 170 Å². The van der Waals surface area contributed by atoms with E-state index < -0.39 is 0 Å². The van der Waals surface area contributed by atoms with Gasteiger partial charge in [0.25, 0.3) is 0 Å². The molecule has 0 amide bonds. The zero-order valence-corrected chi connectivity index (χ0v) is 25.9. The Kier molecular flexibility index (Phi) is 5.84. The van der Waals surface area contributed by atoms with Crippen molar-refractivity contribution >= 4 is 72.0 Å². The highest BCUT2D eigenvalue weighted by Gasteiger charge is 2.21. The lowest BCUT2D eigenvalue weighted by atomic mass is 10.0. The van der Waals surface area contributed by atoms with Gasteiger partial charge in [-0.05, 0) is 83.9 Å². The van der Waals surface area contributed by atoms with Crippen LogP contribution in [0.15, 0.2) is 179 Å². The minimum atomic E-state index is 0.870. The van der Waals surface area contributed by atoms with Gasteiger partial charge in [0.2, 0.25) is 0 Å². The van der Waals surface area contributed by atoms with Crippen molar-refractivity contribution in [1.82, 2.24) is 4.57 Å². The van der Waals surface area contributed by atoms with Gasteiger partial charge in [-0.25, -0.2) is 0 Å². The first-order chi connectivity index (χ1) is 23.8. The minimum absolute atomic E-state index is 0.870. The summed E-state index contributed by atoms with van der Waals surface area (Å²) in [6.45, 7) is 0. The van der Waals surface area contributed by atoms with Crippen molar-refractivity contribution in [3.8, 4) is 16.8 Å². The maximum Gasteiger partial charge on any atom is 0.161 e. The van der Waals surface area contributed by atoms with Crippen molar-refractivity contribution in [3.63, 3.8) is 0 Å². The largest absolute Gasteiger partial charge is 0.454 e. The van der Waals surface area contributed by atoms with Crippen LogP contribution in [0, 0.1) is 0 Å². The third-order valence-corrected chi connectivity index (χ3v) is 9.39. The summed E-state index contributed by atoms with van der Waals surface area (Å²) >= 11 is 0. The first kappa shape index (κ1) is 26.7. The fourth-order valence-electron chi connectivity index (χ4n) is 7.21. The van der Waals surface area contributed by atoms with E-state index in [1.807, 2.05) is 30.3 Å². The van der Waals surface area contributed by atoms with Gasteiger partial charge >= 0.3 is 0 Å². The highest BCUT2D eigenvalue weighted by atomic mass is 16.3. The van der Waals surface area contributed by atoms with E-state index in [9.17, 15) is 0 Å². The zero-order chi connectivity index (χ0) is 31.6. The lowest BCUT2D eigenvalue weighted by Gasteiger charge is -2.25. The number of anilines is 3. The average Bonchev–Trinajstić information content (AvgIpc) is 3.82. The minimum Gasteiger partial charge on any atom is -0.454 e. The summed E-state index contributed by atoms with van der Waals surface area (Å²) in [6.07, 6.45) is 0. The summed E-state index contributed by atoms with van der Waals surface area (Å²) in [4.78, 5) is 2.27. The van der Waals surface area contributed by atoms with Gasteiger partial charge in [0.1, 0.15) is 16.7 Å². The maximum atomic E-state index is 6.53. The Morgan fingerprint density at radius 3 is 1.81 bits per heavy atom. The van der Waals surface area contributed by atoms with Crippen LogP contribution in [0.4, 0.5) is 17.1 Å². The molecule has 0 aliphatic carbocycles. The van der Waals surface area contributed by atoms with Crippen LogP contribution >= 0.6 is 0 Å². The van der Waals surface area contributed by atoms with Gasteiger partial charge < -0.3 is 18.3 Å². The summed E-state index contributed by atoms with van der Waals surface area (Å²) in [5.41, 5.74) is 12.3. The summed E-state index contributed by atoms with van der Waals surface area (Å²) in [5.74, 6) is 0. The number of rotatable bonds is 5. The van der Waals surface area contributed by atoms with Gasteiger partial charge in [-0.3, -0.25) is 0 Å². The molecule has 48 heavy (non-hydrogen) atoms. The number of nitrogens with zero attached hydrogens (tertiary/aromatic N) is 2. The van der Waals surface area contributed by atoms with E-state index in [0.29, 0.717) is 0 Å². The molecule has 7 aromatic carbocycles. The Hall–Kier alpha value is -6.52. The molecule has 4 heteroatoms. The Bertz CT molecular complexity index is 2770. The second-order valence-electron chi connectivity index (χ2n) is 12.1. The van der Waals surface area contributed by atoms with Gasteiger partial charge in [-0.1, -0.05) is 97.1 Å². The lowest BCUT2D eigenvalue weighted by molar-refractivity contribution is 0.669. The quantitative estimate of drug-likeness (QED) is 0.193. The molecule has 0 unspecified atom stereocenters. The standard InChI is InChI=1S/C44H28N2O2/c1-3-12-31(13-4-1)45(39-19-11-18-35-34-16-7-9-20-40(34)47-43(35)39)33-25-22-29(23-26-33)30-24-27-38-37(28-30)44-42(36-17-8-10-21-41(36)48-44)46(38)32-14-5-2-6-15-32/h1-28H. The molecule has 0 saturated heterocycles. The van der Waals surface area contributed by atoms with Gasteiger partial charge in [0.05, 0.1) is 11.2 Å². The van der Waals surface area contributed by atoms with E-state index in [-0.39, 0.29) is 0 Å². The molecule has 4 nitrogen and oxygen atoms in total. The highest BCUT2D eigenvalue weighted by molar-refractivity contribution is 6.17. The van der Waals surface area contributed by atoms with Crippen LogP contribution in [0.1, 0.15) is 0 Å². The van der Waals surface area contributed by atoms with Crippen LogP contribution in [-0.2, 0) is 0 Å². The molecule has 0 fully saturated rings. The summed E-state index contributed by atoms with van der Waals surface area (Å²) < 4.78 is 15.3. The molecule has 0 aliphatic rings. The summed E-state index contributed by atoms with van der Waals surface area (Å²) in [7, 11) is 0. The number of aromatic nitrogens is 1. The SMILES string of the molecule is c1ccc(N(c2ccc(-c3ccc4c(c3)c3oc5ccccc5c3n4-c3ccccc3)cc2)c2cccc3c2oc2ccccc23)cc1. The van der Waals surface area contributed by atoms with Crippen LogP contribution in [0.2, 0.25) is 0 Å². The fraction of sp³-hybridized carbons (Fsp3) is 0. The van der Waals surface area contributed by atoms with E-state index in [0.717, 1.165) is 88.8 Å². The van der Waals surface area contributed by atoms with E-state index in [2.05, 4.69) is 149 Å². The van der Waals surface area contributed by atoms with Crippen LogP contribution in [-0.4, -0.2) is 4.57 Å². The molecule has 0 spiro atoms. The first-order valence-corrected chi connectivity index (χ1v) is 16.2. The van der Waals surface area contributed by atoms with E-state index in [4.69, 9.17) is 8.83 Å². The predicted molar refractivity (Wildman–Crippen MR) is 198 cm³/mol. The predicted octanol–water partition coefficient (Wildman–Crippen LogP) is 12.6. The number of benzene rings is 7. The van der Waals surface area contributed by atoms with Crippen LogP contribution in [0.5, 0.6) is 0 Å². The number of hydrogen-bond acceptors (Lipinski definition) is 3.